The lowest BCUT2D eigenvalue weighted by atomic mass is 10.1. The molecule has 1 aliphatic carbocycles. The van der Waals surface area contributed by atoms with Crippen LogP contribution in [0.1, 0.15) is 40.2 Å². The van der Waals surface area contributed by atoms with Crippen molar-refractivity contribution in [2.45, 2.75) is 30.3 Å². The van der Waals surface area contributed by atoms with Crippen molar-refractivity contribution in [3.63, 3.8) is 0 Å². The first-order valence-corrected chi connectivity index (χ1v) is 13.2. The number of ether oxygens (including phenoxy) is 1. The predicted molar refractivity (Wildman–Crippen MR) is 130 cm³/mol. The van der Waals surface area contributed by atoms with Gasteiger partial charge in [0.1, 0.15) is 17.6 Å². The molecule has 0 radical (unpaired) electrons. The number of hydrogen-bond acceptors (Lipinski definition) is 5. The van der Waals surface area contributed by atoms with Crippen molar-refractivity contribution in [1.29, 1.82) is 0 Å². The monoisotopic (exact) mass is 524 g/mol. The number of ketones is 1. The van der Waals surface area contributed by atoms with E-state index in [1.807, 2.05) is 30.3 Å². The quantitative estimate of drug-likeness (QED) is 0.230. The van der Waals surface area contributed by atoms with Gasteiger partial charge < -0.3 is 4.74 Å². The summed E-state index contributed by atoms with van der Waals surface area (Å²) in [5, 5.41) is 0.0593. The highest BCUT2D eigenvalue weighted by molar-refractivity contribution is 9.09. The van der Waals surface area contributed by atoms with E-state index in [-0.39, 0.29) is 34.1 Å². The van der Waals surface area contributed by atoms with Gasteiger partial charge in [-0.15, -0.1) is 0 Å². The molecule has 1 saturated carbocycles. The highest BCUT2D eigenvalue weighted by Crippen LogP contribution is 2.47. The Morgan fingerprint density at radius 3 is 2.36 bits per heavy atom. The number of carbonyl (C=O) groups is 1. The number of benzene rings is 2. The second-order valence-electron chi connectivity index (χ2n) is 8.00. The van der Waals surface area contributed by atoms with Gasteiger partial charge >= 0.3 is 0 Å². The van der Waals surface area contributed by atoms with Crippen LogP contribution in [0.3, 0.4) is 0 Å². The molecule has 0 bridgehead atoms. The van der Waals surface area contributed by atoms with Gasteiger partial charge in [-0.25, -0.2) is 12.4 Å². The van der Waals surface area contributed by atoms with Crippen molar-refractivity contribution in [3.05, 3.63) is 89.7 Å². The van der Waals surface area contributed by atoms with E-state index >= 15 is 0 Å². The molecule has 2 aromatic heterocycles. The summed E-state index contributed by atoms with van der Waals surface area (Å²) in [6.45, 7) is 0.276. The van der Waals surface area contributed by atoms with Gasteiger partial charge in [0, 0.05) is 18.0 Å². The first-order valence-electron chi connectivity index (χ1n) is 10.6. The van der Waals surface area contributed by atoms with Gasteiger partial charge in [0.25, 0.3) is 10.0 Å². The molecule has 0 spiro atoms. The molecule has 0 atom stereocenters. The number of alkyl halides is 1. The number of aromatic nitrogens is 2. The summed E-state index contributed by atoms with van der Waals surface area (Å²) in [4.78, 5) is 17.4. The number of fused-ring (bicyclic) bond motifs is 1. The van der Waals surface area contributed by atoms with E-state index in [1.54, 1.807) is 24.4 Å². The summed E-state index contributed by atoms with van der Waals surface area (Å²) in [6.07, 6.45) is 5.09. The van der Waals surface area contributed by atoms with Crippen LogP contribution in [0, 0.1) is 0 Å². The van der Waals surface area contributed by atoms with Gasteiger partial charge in [-0.05, 0) is 36.5 Å². The maximum atomic E-state index is 13.7. The molecule has 5 rings (SSSR count). The average Bonchev–Trinajstić information content (AvgIpc) is 3.62. The molecule has 4 aromatic rings. The summed E-state index contributed by atoms with van der Waals surface area (Å²) in [5.74, 6) is 0.493. The smallest absolute Gasteiger partial charge is 0.268 e. The van der Waals surface area contributed by atoms with E-state index in [9.17, 15) is 13.2 Å². The maximum absolute atomic E-state index is 13.7. The van der Waals surface area contributed by atoms with Crippen LogP contribution in [0.4, 0.5) is 0 Å². The predicted octanol–water partition coefficient (Wildman–Crippen LogP) is 5.31. The number of halogens is 1. The minimum absolute atomic E-state index is 0.0593. The molecule has 0 N–H and O–H groups in total. The number of Topliss-reactive ketones (excluding diaryl/α,β-unsaturated/α-hetero) is 1. The molecule has 33 heavy (non-hydrogen) atoms. The highest BCUT2D eigenvalue weighted by Gasteiger charge is 2.33. The fourth-order valence-corrected chi connectivity index (χ4v) is 5.57. The molecule has 168 valence electrons. The lowest BCUT2D eigenvalue weighted by molar-refractivity contribution is 0.102. The molecule has 1 aliphatic rings. The Hall–Kier alpha value is -2.97. The summed E-state index contributed by atoms with van der Waals surface area (Å²) < 4.78 is 34.8. The lowest BCUT2D eigenvalue weighted by Gasteiger charge is -2.15. The third-order valence-corrected chi connectivity index (χ3v) is 7.90. The van der Waals surface area contributed by atoms with Crippen LogP contribution in [0.2, 0.25) is 0 Å². The Morgan fingerprint density at radius 2 is 1.73 bits per heavy atom. The van der Waals surface area contributed by atoms with E-state index in [1.165, 1.54) is 18.3 Å². The van der Waals surface area contributed by atoms with Crippen molar-refractivity contribution >= 4 is 42.8 Å². The fraction of sp³-hybridized carbons (Fsp3) is 0.200. The van der Waals surface area contributed by atoms with E-state index in [4.69, 9.17) is 4.74 Å². The third-order valence-electron chi connectivity index (χ3n) is 5.72. The minimum atomic E-state index is -3.98. The Kier molecular flexibility index (Phi) is 5.80. The zero-order valence-corrected chi connectivity index (χ0v) is 20.1. The number of pyridine rings is 1. The van der Waals surface area contributed by atoms with Crippen LogP contribution in [-0.4, -0.2) is 28.5 Å². The number of nitrogens with zero attached hydrogens (tertiary/aromatic N) is 2. The fourth-order valence-electron chi connectivity index (χ4n) is 3.88. The topological polar surface area (TPSA) is 78.3 Å². The number of hydrogen-bond donors (Lipinski definition) is 0. The van der Waals surface area contributed by atoms with Gasteiger partial charge in [-0.1, -0.05) is 64.5 Å². The molecule has 0 amide bonds. The SMILES string of the molecule is O=C(CBr)c1cn(S(=O)(=O)c2ccccc2)c2c(OCc3ccccc3)c(C3CC3)cnc12. The van der Waals surface area contributed by atoms with Crippen molar-refractivity contribution in [1.82, 2.24) is 8.96 Å². The average molecular weight is 525 g/mol. The molecule has 0 aliphatic heterocycles. The number of rotatable bonds is 8. The maximum Gasteiger partial charge on any atom is 0.268 e. The Labute approximate surface area is 200 Å². The normalized spacial score (nSPS) is 13.8. The van der Waals surface area contributed by atoms with Crippen molar-refractivity contribution < 1.29 is 17.9 Å². The highest BCUT2D eigenvalue weighted by atomic mass is 79.9. The Balaban J connectivity index is 1.75. The van der Waals surface area contributed by atoms with Gasteiger partial charge in [0.15, 0.2) is 11.5 Å². The molecule has 2 heterocycles. The zero-order valence-electron chi connectivity index (χ0n) is 17.6. The largest absolute Gasteiger partial charge is 0.486 e. The zero-order chi connectivity index (χ0) is 23.0. The van der Waals surface area contributed by atoms with Crippen LogP contribution in [0.5, 0.6) is 5.75 Å². The lowest BCUT2D eigenvalue weighted by Crippen LogP contribution is -2.13. The van der Waals surface area contributed by atoms with Gasteiger partial charge in [-0.3, -0.25) is 9.78 Å². The van der Waals surface area contributed by atoms with Crippen LogP contribution in [-0.2, 0) is 16.6 Å². The van der Waals surface area contributed by atoms with Gasteiger partial charge in [-0.2, -0.15) is 0 Å². The van der Waals surface area contributed by atoms with E-state index in [2.05, 4.69) is 20.9 Å². The molecule has 0 unspecified atom stereocenters. The second-order valence-corrected chi connectivity index (χ2v) is 10.4. The van der Waals surface area contributed by atoms with Gasteiger partial charge in [0.05, 0.1) is 15.8 Å². The Bertz CT molecular complexity index is 1430. The Morgan fingerprint density at radius 1 is 1.06 bits per heavy atom. The van der Waals surface area contributed by atoms with Crippen molar-refractivity contribution in [3.8, 4) is 5.75 Å². The van der Waals surface area contributed by atoms with Crippen LogP contribution < -0.4 is 4.74 Å². The van der Waals surface area contributed by atoms with Crippen molar-refractivity contribution in [2.24, 2.45) is 0 Å². The van der Waals surface area contributed by atoms with Crippen LogP contribution in [0.15, 0.2) is 78.0 Å². The number of carbonyl (C=O) groups excluding carboxylic acids is 1. The first-order chi connectivity index (χ1) is 16.0. The summed E-state index contributed by atoms with van der Waals surface area (Å²) in [6, 6.07) is 17.9. The second kappa shape index (κ2) is 8.76. The first kappa shape index (κ1) is 21.9. The molecular weight excluding hydrogens is 504 g/mol. The molecule has 2 aromatic carbocycles. The minimum Gasteiger partial charge on any atom is -0.486 e. The standard InChI is InChI=1S/C25H21BrN2O4S/c26-13-22(29)21-15-28(33(30,31)19-9-5-2-6-10-19)24-23(21)27-14-20(18-11-12-18)25(24)32-16-17-7-3-1-4-8-17/h1-10,14-15,18H,11-13,16H2. The van der Waals surface area contributed by atoms with E-state index < -0.39 is 10.0 Å². The van der Waals surface area contributed by atoms with Gasteiger partial charge in [0.2, 0.25) is 0 Å². The molecule has 0 saturated heterocycles. The molecule has 1 fully saturated rings. The van der Waals surface area contributed by atoms with E-state index in [0.717, 1.165) is 27.9 Å². The summed E-state index contributed by atoms with van der Waals surface area (Å²) in [7, 11) is -3.98. The van der Waals surface area contributed by atoms with Crippen LogP contribution in [0.25, 0.3) is 11.0 Å². The van der Waals surface area contributed by atoms with Crippen LogP contribution >= 0.6 is 15.9 Å². The van der Waals surface area contributed by atoms with Crippen molar-refractivity contribution in [2.75, 3.05) is 5.33 Å². The third kappa shape index (κ3) is 4.09. The summed E-state index contributed by atoms with van der Waals surface area (Å²) in [5.41, 5.74) is 2.71. The molecular formula is C25H21BrN2O4S. The summed E-state index contributed by atoms with van der Waals surface area (Å²) >= 11 is 3.20. The van der Waals surface area contributed by atoms with E-state index in [0.29, 0.717) is 16.8 Å². The molecule has 6 nitrogen and oxygen atoms in total. The molecule has 8 heteroatoms.